The van der Waals surface area contributed by atoms with E-state index in [1.165, 1.54) is 0 Å². The Hall–Kier alpha value is -3.15. The normalized spacial score (nSPS) is 17.0. The van der Waals surface area contributed by atoms with Crippen LogP contribution in [0, 0.1) is 12.8 Å². The van der Waals surface area contributed by atoms with E-state index >= 15 is 0 Å². The summed E-state index contributed by atoms with van der Waals surface area (Å²) in [5.74, 6) is -2.74. The highest BCUT2D eigenvalue weighted by Gasteiger charge is 2.34. The van der Waals surface area contributed by atoms with E-state index in [1.807, 2.05) is 55.5 Å². The van der Waals surface area contributed by atoms with E-state index in [2.05, 4.69) is 5.32 Å². The molecule has 3 rings (SSSR count). The highest BCUT2D eigenvalue weighted by molar-refractivity contribution is 6.02. The molecule has 2 aromatic rings. The van der Waals surface area contributed by atoms with Crippen LogP contribution in [0.15, 0.2) is 48.5 Å². The van der Waals surface area contributed by atoms with Gasteiger partial charge in [-0.3, -0.25) is 14.4 Å². The fourth-order valence-electron chi connectivity index (χ4n) is 3.59. The van der Waals surface area contributed by atoms with Crippen molar-refractivity contribution in [3.8, 4) is 0 Å². The second-order valence-corrected chi connectivity index (χ2v) is 7.24. The van der Waals surface area contributed by atoms with Gasteiger partial charge in [-0.05, 0) is 30.5 Å². The van der Waals surface area contributed by atoms with Crippen molar-refractivity contribution >= 4 is 23.5 Å². The minimum atomic E-state index is -0.957. The molecule has 0 aliphatic carbocycles. The number of carboxylic acid groups (broad SMARTS) is 1. The maximum absolute atomic E-state index is 12.8. The lowest BCUT2D eigenvalue weighted by Crippen LogP contribution is -2.41. The minimum absolute atomic E-state index is 0.0187. The minimum Gasteiger partial charge on any atom is -0.481 e. The lowest BCUT2D eigenvalue weighted by Gasteiger charge is -2.31. The molecular formula is C22H24N2O4. The van der Waals surface area contributed by atoms with Gasteiger partial charge in [0.1, 0.15) is 0 Å². The van der Waals surface area contributed by atoms with E-state index in [-0.39, 0.29) is 24.8 Å². The number of fused-ring (bicyclic) bond motifs is 1. The van der Waals surface area contributed by atoms with Crippen LogP contribution in [0.5, 0.6) is 0 Å². The smallest absolute Gasteiger partial charge is 0.308 e. The zero-order valence-corrected chi connectivity index (χ0v) is 16.0. The quantitative estimate of drug-likeness (QED) is 0.806. The summed E-state index contributed by atoms with van der Waals surface area (Å²) < 4.78 is 0. The van der Waals surface area contributed by atoms with E-state index in [9.17, 15) is 19.5 Å². The average Bonchev–Trinajstić information content (AvgIpc) is 2.67. The molecule has 28 heavy (non-hydrogen) atoms. The predicted molar refractivity (Wildman–Crippen MR) is 106 cm³/mol. The Labute approximate surface area is 164 Å². The van der Waals surface area contributed by atoms with E-state index in [0.29, 0.717) is 12.1 Å². The number of carbonyl (C=O) groups is 3. The van der Waals surface area contributed by atoms with Gasteiger partial charge in [0.05, 0.1) is 11.8 Å². The number of para-hydroxylation sites is 1. The highest BCUT2D eigenvalue weighted by Crippen LogP contribution is 2.35. The summed E-state index contributed by atoms with van der Waals surface area (Å²) in [5, 5.41) is 12.3. The third kappa shape index (κ3) is 4.22. The number of anilines is 1. The topological polar surface area (TPSA) is 86.7 Å². The van der Waals surface area contributed by atoms with E-state index in [1.54, 1.807) is 11.9 Å². The molecule has 6 heteroatoms. The van der Waals surface area contributed by atoms with Gasteiger partial charge in [0.2, 0.25) is 11.8 Å². The number of rotatable bonds is 6. The van der Waals surface area contributed by atoms with Gasteiger partial charge in [-0.15, -0.1) is 0 Å². The van der Waals surface area contributed by atoms with Crippen LogP contribution in [0.2, 0.25) is 0 Å². The molecule has 0 bridgehead atoms. The van der Waals surface area contributed by atoms with Gasteiger partial charge < -0.3 is 15.3 Å². The summed E-state index contributed by atoms with van der Waals surface area (Å²) in [6.45, 7) is 1.97. The second-order valence-electron chi connectivity index (χ2n) is 7.24. The van der Waals surface area contributed by atoms with Crippen LogP contribution in [0.25, 0.3) is 0 Å². The van der Waals surface area contributed by atoms with E-state index in [0.717, 1.165) is 16.7 Å². The van der Waals surface area contributed by atoms with Crippen molar-refractivity contribution in [1.29, 1.82) is 0 Å². The zero-order chi connectivity index (χ0) is 20.3. The number of amides is 2. The molecule has 2 N–H and O–H groups in total. The molecule has 0 fully saturated rings. The summed E-state index contributed by atoms with van der Waals surface area (Å²) in [5.41, 5.74) is 3.48. The maximum atomic E-state index is 12.8. The number of nitrogens with one attached hydrogen (secondary N) is 1. The number of aryl methyl sites for hydroxylation is 1. The van der Waals surface area contributed by atoms with Crippen molar-refractivity contribution in [2.24, 2.45) is 5.92 Å². The monoisotopic (exact) mass is 380 g/mol. The average molecular weight is 380 g/mol. The summed E-state index contributed by atoms with van der Waals surface area (Å²) in [4.78, 5) is 38.2. The highest BCUT2D eigenvalue weighted by atomic mass is 16.4. The van der Waals surface area contributed by atoms with Gasteiger partial charge in [0, 0.05) is 25.7 Å². The molecule has 2 amide bonds. The molecule has 146 valence electrons. The first-order valence-corrected chi connectivity index (χ1v) is 9.28. The van der Waals surface area contributed by atoms with Crippen molar-refractivity contribution in [3.05, 3.63) is 65.2 Å². The Kier molecular flexibility index (Phi) is 5.78. The Bertz CT molecular complexity index is 909. The van der Waals surface area contributed by atoms with Crippen molar-refractivity contribution in [2.45, 2.75) is 25.7 Å². The van der Waals surface area contributed by atoms with Gasteiger partial charge in [-0.25, -0.2) is 0 Å². The largest absolute Gasteiger partial charge is 0.481 e. The molecule has 1 aliphatic rings. The zero-order valence-electron chi connectivity index (χ0n) is 16.0. The molecule has 1 aliphatic heterocycles. The first-order valence-electron chi connectivity index (χ1n) is 9.28. The third-order valence-electron chi connectivity index (χ3n) is 5.18. The Morgan fingerprint density at radius 2 is 1.96 bits per heavy atom. The van der Waals surface area contributed by atoms with E-state index in [4.69, 9.17) is 0 Å². The SMILES string of the molecule is Cc1cccc(CC(CNC(=O)C2CC(=O)N(C)c3ccccc32)C(=O)O)c1. The van der Waals surface area contributed by atoms with Gasteiger partial charge in [0.25, 0.3) is 0 Å². The second kappa shape index (κ2) is 8.25. The van der Waals surface area contributed by atoms with Crippen LogP contribution in [-0.2, 0) is 20.8 Å². The molecule has 2 aromatic carbocycles. The number of carboxylic acids is 1. The van der Waals surface area contributed by atoms with E-state index < -0.39 is 17.8 Å². The molecule has 0 spiro atoms. The maximum Gasteiger partial charge on any atom is 0.308 e. The van der Waals surface area contributed by atoms with Gasteiger partial charge in [0.15, 0.2) is 0 Å². The molecule has 6 nitrogen and oxygen atoms in total. The predicted octanol–water partition coefficient (Wildman–Crippen LogP) is 2.50. The van der Waals surface area contributed by atoms with Crippen LogP contribution < -0.4 is 10.2 Å². The summed E-state index contributed by atoms with van der Waals surface area (Å²) in [6, 6.07) is 15.0. The van der Waals surface area contributed by atoms with Gasteiger partial charge in [-0.2, -0.15) is 0 Å². The summed E-state index contributed by atoms with van der Waals surface area (Å²) in [6.07, 6.45) is 0.412. The van der Waals surface area contributed by atoms with Crippen molar-refractivity contribution < 1.29 is 19.5 Å². The number of carbonyl (C=O) groups excluding carboxylic acids is 2. The van der Waals surface area contributed by atoms with Gasteiger partial charge >= 0.3 is 5.97 Å². The number of hydrogen-bond donors (Lipinski definition) is 2. The number of aliphatic carboxylic acids is 1. The molecule has 0 aromatic heterocycles. The molecule has 0 saturated carbocycles. The number of hydrogen-bond acceptors (Lipinski definition) is 3. The molecule has 0 saturated heterocycles. The number of benzene rings is 2. The standard InChI is InChI=1S/C22H24N2O4/c1-14-6-5-7-15(10-14)11-16(22(27)28)13-23-21(26)18-12-20(25)24(2)19-9-4-3-8-17(18)19/h3-10,16,18H,11-13H2,1-2H3,(H,23,26)(H,27,28). The summed E-state index contributed by atoms with van der Waals surface area (Å²) in [7, 11) is 1.69. The van der Waals surface area contributed by atoms with Crippen LogP contribution >= 0.6 is 0 Å². The van der Waals surface area contributed by atoms with Gasteiger partial charge in [-0.1, -0.05) is 48.0 Å². The van der Waals surface area contributed by atoms with Crippen molar-refractivity contribution in [2.75, 3.05) is 18.5 Å². The Morgan fingerprint density at radius 3 is 2.68 bits per heavy atom. The first-order chi connectivity index (χ1) is 13.4. The lowest BCUT2D eigenvalue weighted by atomic mass is 9.88. The Morgan fingerprint density at radius 1 is 1.21 bits per heavy atom. The molecule has 2 atom stereocenters. The molecule has 0 radical (unpaired) electrons. The fourth-order valence-corrected chi connectivity index (χ4v) is 3.59. The van der Waals surface area contributed by atoms with Crippen LogP contribution in [0.3, 0.4) is 0 Å². The first kappa shape index (κ1) is 19.6. The molecule has 2 unspecified atom stereocenters. The fraction of sp³-hybridized carbons (Fsp3) is 0.318. The van der Waals surface area contributed by atoms with Crippen LogP contribution in [0.4, 0.5) is 5.69 Å². The van der Waals surface area contributed by atoms with Crippen molar-refractivity contribution in [3.63, 3.8) is 0 Å². The van der Waals surface area contributed by atoms with Crippen molar-refractivity contribution in [1.82, 2.24) is 5.32 Å². The van der Waals surface area contributed by atoms with Crippen LogP contribution in [-0.4, -0.2) is 36.5 Å². The lowest BCUT2D eigenvalue weighted by molar-refractivity contribution is -0.141. The van der Waals surface area contributed by atoms with Crippen LogP contribution in [0.1, 0.15) is 29.0 Å². The molecule has 1 heterocycles. The summed E-state index contributed by atoms with van der Waals surface area (Å²) >= 11 is 0. The third-order valence-corrected chi connectivity index (χ3v) is 5.18. The molecular weight excluding hydrogens is 356 g/mol. The Balaban J connectivity index is 1.70. The number of nitrogens with zero attached hydrogens (tertiary/aromatic N) is 1.